The average molecular weight is 312 g/mol. The summed E-state index contributed by atoms with van der Waals surface area (Å²) >= 11 is 13.8. The Morgan fingerprint density at radius 1 is 1.26 bits per heavy atom. The van der Waals surface area contributed by atoms with Gasteiger partial charge in [0.05, 0.1) is 26.0 Å². The SMILES string of the molecule is NCCn1c(-c2cccs2)nc2cc(Cl)c(Cl)cc21. The number of hydrogen-bond donors (Lipinski definition) is 1. The second-order valence-electron chi connectivity index (χ2n) is 4.11. The first-order valence-electron chi connectivity index (χ1n) is 5.80. The van der Waals surface area contributed by atoms with E-state index in [1.165, 1.54) is 0 Å². The lowest BCUT2D eigenvalue weighted by atomic mass is 10.3. The summed E-state index contributed by atoms with van der Waals surface area (Å²) in [5.74, 6) is 0.911. The van der Waals surface area contributed by atoms with E-state index in [1.54, 1.807) is 17.4 Å². The molecule has 2 heterocycles. The Bertz CT molecular complexity index is 719. The molecule has 19 heavy (non-hydrogen) atoms. The summed E-state index contributed by atoms with van der Waals surface area (Å²) in [7, 11) is 0. The molecule has 0 unspecified atom stereocenters. The highest BCUT2D eigenvalue weighted by molar-refractivity contribution is 7.13. The van der Waals surface area contributed by atoms with E-state index in [0.29, 0.717) is 23.1 Å². The van der Waals surface area contributed by atoms with Crippen LogP contribution in [0.15, 0.2) is 29.6 Å². The van der Waals surface area contributed by atoms with Crippen molar-refractivity contribution in [3.63, 3.8) is 0 Å². The monoisotopic (exact) mass is 311 g/mol. The summed E-state index contributed by atoms with van der Waals surface area (Å²) in [6.45, 7) is 1.24. The number of imidazole rings is 1. The third kappa shape index (κ3) is 2.25. The predicted octanol–water partition coefficient (Wildman–Crippen LogP) is 4.03. The number of benzene rings is 1. The lowest BCUT2D eigenvalue weighted by Crippen LogP contribution is -2.10. The van der Waals surface area contributed by atoms with Crippen LogP contribution in [0.2, 0.25) is 10.0 Å². The van der Waals surface area contributed by atoms with E-state index in [0.717, 1.165) is 21.7 Å². The van der Waals surface area contributed by atoms with Gasteiger partial charge in [-0.2, -0.15) is 0 Å². The smallest absolute Gasteiger partial charge is 0.151 e. The molecule has 0 bridgehead atoms. The van der Waals surface area contributed by atoms with E-state index in [9.17, 15) is 0 Å². The topological polar surface area (TPSA) is 43.8 Å². The van der Waals surface area contributed by atoms with Gasteiger partial charge in [-0.25, -0.2) is 4.98 Å². The Kier molecular flexibility index (Phi) is 3.50. The van der Waals surface area contributed by atoms with Crippen molar-refractivity contribution in [1.29, 1.82) is 0 Å². The summed E-state index contributed by atoms with van der Waals surface area (Å²) in [5.41, 5.74) is 7.50. The fraction of sp³-hybridized carbons (Fsp3) is 0.154. The van der Waals surface area contributed by atoms with Crippen LogP contribution in [0, 0.1) is 0 Å². The van der Waals surface area contributed by atoms with E-state index >= 15 is 0 Å². The molecule has 0 radical (unpaired) electrons. The van der Waals surface area contributed by atoms with Gasteiger partial charge >= 0.3 is 0 Å². The zero-order valence-corrected chi connectivity index (χ0v) is 12.3. The average Bonchev–Trinajstić information content (AvgIpc) is 3.00. The third-order valence-electron chi connectivity index (χ3n) is 2.88. The predicted molar refractivity (Wildman–Crippen MR) is 82.1 cm³/mol. The van der Waals surface area contributed by atoms with Crippen molar-refractivity contribution >= 4 is 45.6 Å². The van der Waals surface area contributed by atoms with Crippen molar-refractivity contribution < 1.29 is 0 Å². The Hall–Kier alpha value is -1.07. The highest BCUT2D eigenvalue weighted by Crippen LogP contribution is 2.32. The maximum absolute atomic E-state index is 6.09. The number of nitrogens with two attached hydrogens (primary N) is 1. The largest absolute Gasteiger partial charge is 0.329 e. The van der Waals surface area contributed by atoms with Crippen molar-refractivity contribution in [2.45, 2.75) is 6.54 Å². The van der Waals surface area contributed by atoms with Gasteiger partial charge in [0, 0.05) is 13.1 Å². The normalized spacial score (nSPS) is 11.3. The van der Waals surface area contributed by atoms with Gasteiger partial charge in [0.1, 0.15) is 0 Å². The number of hydrogen-bond acceptors (Lipinski definition) is 3. The van der Waals surface area contributed by atoms with Crippen LogP contribution < -0.4 is 5.73 Å². The van der Waals surface area contributed by atoms with Crippen LogP contribution in [-0.2, 0) is 6.54 Å². The lowest BCUT2D eigenvalue weighted by molar-refractivity contribution is 0.736. The zero-order chi connectivity index (χ0) is 13.4. The number of thiophene rings is 1. The van der Waals surface area contributed by atoms with Gasteiger partial charge < -0.3 is 10.3 Å². The van der Waals surface area contributed by atoms with E-state index in [2.05, 4.69) is 9.55 Å². The van der Waals surface area contributed by atoms with Gasteiger partial charge in [-0.15, -0.1) is 11.3 Å². The van der Waals surface area contributed by atoms with E-state index in [1.807, 2.05) is 23.6 Å². The quantitative estimate of drug-likeness (QED) is 0.793. The van der Waals surface area contributed by atoms with Gasteiger partial charge in [0.2, 0.25) is 0 Å². The molecular formula is C13H11Cl2N3S. The number of rotatable bonds is 3. The molecule has 0 amide bonds. The molecule has 0 spiro atoms. The Balaban J connectivity index is 2.29. The number of nitrogens with zero attached hydrogens (tertiary/aromatic N) is 2. The molecule has 0 saturated carbocycles. The molecule has 3 rings (SSSR count). The minimum atomic E-state index is 0.518. The summed E-state index contributed by atoms with van der Waals surface area (Å²) in [6, 6.07) is 7.69. The second-order valence-corrected chi connectivity index (χ2v) is 5.87. The highest BCUT2D eigenvalue weighted by atomic mass is 35.5. The first-order chi connectivity index (χ1) is 9.20. The molecule has 98 valence electrons. The molecule has 0 saturated heterocycles. The summed E-state index contributed by atoms with van der Waals surface area (Å²) in [5, 5.41) is 3.08. The van der Waals surface area contributed by atoms with Crippen LogP contribution in [0.3, 0.4) is 0 Å². The van der Waals surface area contributed by atoms with Crippen LogP contribution in [0.25, 0.3) is 21.7 Å². The van der Waals surface area contributed by atoms with E-state index < -0.39 is 0 Å². The van der Waals surface area contributed by atoms with Crippen LogP contribution in [-0.4, -0.2) is 16.1 Å². The van der Waals surface area contributed by atoms with Gasteiger partial charge in [-0.1, -0.05) is 29.3 Å². The zero-order valence-electron chi connectivity index (χ0n) is 9.94. The van der Waals surface area contributed by atoms with Crippen molar-refractivity contribution in [2.75, 3.05) is 6.54 Å². The fourth-order valence-corrected chi connectivity index (χ4v) is 3.11. The Labute approximate surface area is 124 Å². The molecule has 0 aliphatic rings. The number of aromatic nitrogens is 2. The molecule has 2 N–H and O–H groups in total. The van der Waals surface area contributed by atoms with Gasteiger partial charge in [0.15, 0.2) is 5.82 Å². The maximum Gasteiger partial charge on any atom is 0.151 e. The summed E-state index contributed by atoms with van der Waals surface area (Å²) in [6.07, 6.45) is 0. The molecule has 2 aromatic heterocycles. The number of halogens is 2. The molecule has 3 nitrogen and oxygen atoms in total. The molecule has 0 aliphatic heterocycles. The number of fused-ring (bicyclic) bond motifs is 1. The van der Waals surface area contributed by atoms with E-state index in [4.69, 9.17) is 28.9 Å². The van der Waals surface area contributed by atoms with Crippen molar-refractivity contribution in [3.05, 3.63) is 39.7 Å². The van der Waals surface area contributed by atoms with Crippen molar-refractivity contribution in [3.8, 4) is 10.7 Å². The van der Waals surface area contributed by atoms with Crippen molar-refractivity contribution in [2.24, 2.45) is 5.73 Å². The molecule has 3 aromatic rings. The first kappa shape index (κ1) is 12.9. The summed E-state index contributed by atoms with van der Waals surface area (Å²) < 4.78 is 2.09. The van der Waals surface area contributed by atoms with E-state index in [-0.39, 0.29) is 0 Å². The van der Waals surface area contributed by atoms with Crippen molar-refractivity contribution in [1.82, 2.24) is 9.55 Å². The fourth-order valence-electron chi connectivity index (χ4n) is 2.07. The van der Waals surface area contributed by atoms with Gasteiger partial charge in [0.25, 0.3) is 0 Å². The summed E-state index contributed by atoms with van der Waals surface area (Å²) in [4.78, 5) is 5.76. The first-order valence-corrected chi connectivity index (χ1v) is 7.43. The molecule has 0 fully saturated rings. The maximum atomic E-state index is 6.09. The minimum absolute atomic E-state index is 0.518. The molecule has 1 aromatic carbocycles. The molecule has 6 heteroatoms. The lowest BCUT2D eigenvalue weighted by Gasteiger charge is -2.06. The molecule has 0 atom stereocenters. The van der Waals surface area contributed by atoms with Crippen LogP contribution in [0.4, 0.5) is 0 Å². The van der Waals surface area contributed by atoms with Gasteiger partial charge in [-0.3, -0.25) is 0 Å². The standard InChI is InChI=1S/C13H11Cl2N3S/c14-8-6-10-11(7-9(8)15)18(4-3-16)13(17-10)12-2-1-5-19-12/h1-2,5-7H,3-4,16H2. The van der Waals surface area contributed by atoms with Crippen LogP contribution in [0.5, 0.6) is 0 Å². The van der Waals surface area contributed by atoms with Crippen LogP contribution >= 0.6 is 34.5 Å². The Morgan fingerprint density at radius 2 is 2.05 bits per heavy atom. The molecular weight excluding hydrogens is 301 g/mol. The second kappa shape index (κ2) is 5.13. The van der Waals surface area contributed by atoms with Crippen LogP contribution in [0.1, 0.15) is 0 Å². The molecule has 0 aliphatic carbocycles. The van der Waals surface area contributed by atoms with Gasteiger partial charge in [-0.05, 0) is 23.6 Å². The highest BCUT2D eigenvalue weighted by Gasteiger charge is 2.14. The Morgan fingerprint density at radius 3 is 2.74 bits per heavy atom. The minimum Gasteiger partial charge on any atom is -0.329 e. The third-order valence-corrected chi connectivity index (χ3v) is 4.47.